The summed E-state index contributed by atoms with van der Waals surface area (Å²) in [6, 6.07) is 3.77. The van der Waals surface area contributed by atoms with Crippen LogP contribution in [0.2, 0.25) is 0 Å². The lowest BCUT2D eigenvalue weighted by Gasteiger charge is -2.10. The van der Waals surface area contributed by atoms with Crippen LogP contribution in [-0.4, -0.2) is 25.0 Å². The van der Waals surface area contributed by atoms with Gasteiger partial charge >= 0.3 is 5.97 Å². The van der Waals surface area contributed by atoms with Crippen molar-refractivity contribution in [3.05, 3.63) is 40.7 Å². The van der Waals surface area contributed by atoms with E-state index in [1.165, 1.54) is 11.3 Å². The minimum absolute atomic E-state index is 0.0515. The Morgan fingerprint density at radius 1 is 1.48 bits per heavy atom. The maximum absolute atomic E-state index is 12.3. The Balaban J connectivity index is 1.63. The molecule has 1 atom stereocenters. The number of hydrogen-bond donors (Lipinski definition) is 2. The number of amides is 1. The van der Waals surface area contributed by atoms with Crippen molar-refractivity contribution in [2.45, 2.75) is 38.6 Å². The minimum atomic E-state index is -0.353. The molecule has 0 aliphatic heterocycles. The monoisotopic (exact) mass is 363 g/mol. The molecule has 1 saturated carbocycles. The standard InChI is InChI=1S/C18H22N2O4S/c1-3-23-18(22)16-13(12-6-7-12)10-25-17(16)20-15(21)9-19-11(2)14-5-4-8-24-14/h4-5,8,10-12,19H,3,6-7,9H2,1-2H3,(H,20,21)/p+1/t11-/m0/s1. The number of anilines is 1. The molecule has 0 spiro atoms. The zero-order valence-electron chi connectivity index (χ0n) is 14.4. The van der Waals surface area contributed by atoms with Crippen LogP contribution in [0.1, 0.15) is 60.3 Å². The van der Waals surface area contributed by atoms with Crippen LogP contribution >= 0.6 is 11.3 Å². The Bertz CT molecular complexity index is 734. The molecule has 0 bridgehead atoms. The zero-order valence-corrected chi connectivity index (χ0v) is 15.2. The van der Waals surface area contributed by atoms with Gasteiger partial charge in [-0.05, 0) is 55.7 Å². The van der Waals surface area contributed by atoms with E-state index in [0.717, 1.165) is 24.2 Å². The van der Waals surface area contributed by atoms with Gasteiger partial charge in [-0.25, -0.2) is 4.79 Å². The number of nitrogens with one attached hydrogen (secondary N) is 1. The molecule has 2 aromatic rings. The van der Waals surface area contributed by atoms with E-state index in [1.54, 1.807) is 13.2 Å². The molecule has 0 unspecified atom stereocenters. The summed E-state index contributed by atoms with van der Waals surface area (Å²) in [4.78, 5) is 24.6. The summed E-state index contributed by atoms with van der Waals surface area (Å²) in [5, 5.41) is 7.32. The fourth-order valence-electron chi connectivity index (χ4n) is 2.70. The van der Waals surface area contributed by atoms with Crippen LogP contribution in [-0.2, 0) is 9.53 Å². The highest BCUT2D eigenvalue weighted by Gasteiger charge is 2.32. The molecule has 2 heterocycles. The van der Waals surface area contributed by atoms with Gasteiger partial charge in [-0.15, -0.1) is 11.3 Å². The van der Waals surface area contributed by atoms with E-state index in [0.29, 0.717) is 23.1 Å². The molecule has 0 saturated heterocycles. The number of thiophene rings is 1. The van der Waals surface area contributed by atoms with Gasteiger partial charge in [0.05, 0.1) is 18.4 Å². The number of ether oxygens (including phenoxy) is 1. The zero-order chi connectivity index (χ0) is 17.8. The second-order valence-electron chi connectivity index (χ2n) is 6.18. The van der Waals surface area contributed by atoms with Crippen molar-refractivity contribution in [2.75, 3.05) is 18.5 Å². The van der Waals surface area contributed by atoms with Gasteiger partial charge < -0.3 is 19.8 Å². The van der Waals surface area contributed by atoms with Crippen molar-refractivity contribution in [1.29, 1.82) is 0 Å². The lowest BCUT2D eigenvalue weighted by Crippen LogP contribution is -2.86. The summed E-state index contributed by atoms with van der Waals surface area (Å²) in [7, 11) is 0. The van der Waals surface area contributed by atoms with Gasteiger partial charge in [0.25, 0.3) is 5.91 Å². The Labute approximate surface area is 150 Å². The fourth-order valence-corrected chi connectivity index (χ4v) is 3.75. The van der Waals surface area contributed by atoms with Crippen LogP contribution in [0, 0.1) is 0 Å². The fraction of sp³-hybridized carbons (Fsp3) is 0.444. The number of hydrogen-bond acceptors (Lipinski definition) is 5. The van der Waals surface area contributed by atoms with Crippen LogP contribution in [0.25, 0.3) is 0 Å². The van der Waals surface area contributed by atoms with Gasteiger partial charge in [-0.3, -0.25) is 4.79 Å². The first-order valence-electron chi connectivity index (χ1n) is 8.55. The summed E-state index contributed by atoms with van der Waals surface area (Å²) < 4.78 is 10.5. The van der Waals surface area contributed by atoms with Crippen molar-refractivity contribution in [3.63, 3.8) is 0 Å². The van der Waals surface area contributed by atoms with Crippen molar-refractivity contribution in [2.24, 2.45) is 0 Å². The molecule has 3 rings (SSSR count). The van der Waals surface area contributed by atoms with Gasteiger partial charge in [-0.2, -0.15) is 0 Å². The topological polar surface area (TPSA) is 85.1 Å². The second kappa shape index (κ2) is 7.84. The summed E-state index contributed by atoms with van der Waals surface area (Å²) in [6.07, 6.45) is 3.80. The van der Waals surface area contributed by atoms with Crippen LogP contribution < -0.4 is 10.6 Å². The normalized spacial score (nSPS) is 15.0. The predicted octanol–water partition coefficient (Wildman–Crippen LogP) is 2.66. The number of furan rings is 1. The van der Waals surface area contributed by atoms with Crippen LogP contribution in [0.4, 0.5) is 5.00 Å². The van der Waals surface area contributed by atoms with E-state index in [2.05, 4.69) is 5.32 Å². The molecule has 1 amide bonds. The van der Waals surface area contributed by atoms with E-state index in [1.807, 2.05) is 29.8 Å². The third kappa shape index (κ3) is 4.29. The Hall–Kier alpha value is -2.12. The quantitative estimate of drug-likeness (QED) is 0.706. The molecule has 1 fully saturated rings. The third-order valence-electron chi connectivity index (χ3n) is 4.22. The van der Waals surface area contributed by atoms with E-state index in [-0.39, 0.29) is 24.5 Å². The average molecular weight is 363 g/mol. The minimum Gasteiger partial charge on any atom is -0.463 e. The highest BCUT2D eigenvalue weighted by Crippen LogP contribution is 2.46. The van der Waals surface area contributed by atoms with Crippen molar-refractivity contribution in [1.82, 2.24) is 0 Å². The molecule has 134 valence electrons. The summed E-state index contributed by atoms with van der Waals surface area (Å²) in [5.74, 6) is 0.751. The first-order chi connectivity index (χ1) is 12.1. The van der Waals surface area contributed by atoms with Crippen molar-refractivity contribution in [3.8, 4) is 0 Å². The maximum Gasteiger partial charge on any atom is 0.341 e. The lowest BCUT2D eigenvalue weighted by molar-refractivity contribution is -0.684. The molecule has 7 heteroatoms. The largest absolute Gasteiger partial charge is 0.463 e. The van der Waals surface area contributed by atoms with Gasteiger partial charge in [0.15, 0.2) is 12.3 Å². The van der Waals surface area contributed by atoms with Gasteiger partial charge in [0.1, 0.15) is 11.0 Å². The number of nitrogens with two attached hydrogens (primary N) is 1. The number of rotatable bonds is 8. The van der Waals surface area contributed by atoms with Gasteiger partial charge in [-0.1, -0.05) is 0 Å². The van der Waals surface area contributed by atoms with Gasteiger partial charge in [0.2, 0.25) is 0 Å². The first-order valence-corrected chi connectivity index (χ1v) is 9.43. The average Bonchev–Trinajstić information content (AvgIpc) is 3.12. The number of esters is 1. The molecular weight excluding hydrogens is 340 g/mol. The summed E-state index contributed by atoms with van der Waals surface area (Å²) in [6.45, 7) is 4.33. The number of carbonyl (C=O) groups excluding carboxylic acids is 2. The van der Waals surface area contributed by atoms with E-state index < -0.39 is 0 Å². The first kappa shape index (κ1) is 17.7. The Morgan fingerprint density at radius 2 is 2.28 bits per heavy atom. The summed E-state index contributed by atoms with van der Waals surface area (Å²) in [5.41, 5.74) is 1.54. The smallest absolute Gasteiger partial charge is 0.341 e. The summed E-state index contributed by atoms with van der Waals surface area (Å²) >= 11 is 1.39. The highest BCUT2D eigenvalue weighted by molar-refractivity contribution is 7.15. The molecule has 0 radical (unpaired) electrons. The second-order valence-corrected chi connectivity index (χ2v) is 7.06. The van der Waals surface area contributed by atoms with Crippen LogP contribution in [0.5, 0.6) is 0 Å². The van der Waals surface area contributed by atoms with Gasteiger partial charge in [0, 0.05) is 0 Å². The number of carbonyl (C=O) groups is 2. The molecule has 0 aromatic carbocycles. The lowest BCUT2D eigenvalue weighted by atomic mass is 10.1. The van der Waals surface area contributed by atoms with Crippen molar-refractivity contribution >= 4 is 28.2 Å². The highest BCUT2D eigenvalue weighted by atomic mass is 32.1. The molecule has 3 N–H and O–H groups in total. The van der Waals surface area contributed by atoms with Crippen molar-refractivity contribution < 1.29 is 24.1 Å². The van der Waals surface area contributed by atoms with Crippen LogP contribution in [0.3, 0.4) is 0 Å². The molecule has 2 aromatic heterocycles. The molecular formula is C18H23N2O4S+. The molecule has 6 nitrogen and oxygen atoms in total. The predicted molar refractivity (Wildman–Crippen MR) is 94.8 cm³/mol. The molecule has 25 heavy (non-hydrogen) atoms. The number of quaternary nitrogens is 1. The SMILES string of the molecule is CCOC(=O)c1c(C2CC2)csc1NC(=O)C[NH2+][C@@H](C)c1ccco1. The Kier molecular flexibility index (Phi) is 5.55. The van der Waals surface area contributed by atoms with E-state index in [4.69, 9.17) is 9.15 Å². The maximum atomic E-state index is 12.3. The molecule has 1 aliphatic rings. The third-order valence-corrected chi connectivity index (χ3v) is 5.13. The Morgan fingerprint density at radius 3 is 2.92 bits per heavy atom. The molecule has 1 aliphatic carbocycles. The van der Waals surface area contributed by atoms with Crippen LogP contribution in [0.15, 0.2) is 28.2 Å². The van der Waals surface area contributed by atoms with E-state index in [9.17, 15) is 9.59 Å². The van der Waals surface area contributed by atoms with E-state index >= 15 is 0 Å².